The summed E-state index contributed by atoms with van der Waals surface area (Å²) in [5.41, 5.74) is 0.304. The summed E-state index contributed by atoms with van der Waals surface area (Å²) < 4.78 is 0. The topological polar surface area (TPSA) is 66.4 Å². The van der Waals surface area contributed by atoms with E-state index in [-0.39, 0.29) is 18.7 Å². The minimum absolute atomic E-state index is 0.0784. The third-order valence-electron chi connectivity index (χ3n) is 3.39. The Hall–Kier alpha value is -1.06. The molecule has 1 aliphatic rings. The molecule has 0 aromatic rings. The molecule has 0 aromatic carbocycles. The molecule has 1 fully saturated rings. The molecule has 0 aliphatic heterocycles. The number of carboxylic acid groups (broad SMARTS) is 1. The van der Waals surface area contributed by atoms with Gasteiger partial charge in [-0.05, 0) is 24.7 Å². The van der Waals surface area contributed by atoms with Crippen LogP contribution >= 0.6 is 0 Å². The van der Waals surface area contributed by atoms with E-state index in [1.807, 2.05) is 0 Å². The lowest BCUT2D eigenvalue weighted by Crippen LogP contribution is -2.41. The Morgan fingerprint density at radius 3 is 2.40 bits per heavy atom. The smallest absolute Gasteiger partial charge is 0.303 e. The first-order valence-corrected chi connectivity index (χ1v) is 5.56. The lowest BCUT2D eigenvalue weighted by Gasteiger charge is -2.41. The van der Waals surface area contributed by atoms with Crippen molar-refractivity contribution in [2.24, 2.45) is 5.41 Å². The zero-order valence-corrected chi connectivity index (χ0v) is 9.21. The van der Waals surface area contributed by atoms with E-state index in [9.17, 15) is 9.59 Å². The van der Waals surface area contributed by atoms with Crippen molar-refractivity contribution in [2.75, 3.05) is 6.54 Å². The monoisotopic (exact) mass is 213 g/mol. The molecule has 4 nitrogen and oxygen atoms in total. The van der Waals surface area contributed by atoms with Crippen LogP contribution in [-0.2, 0) is 9.59 Å². The highest BCUT2D eigenvalue weighted by Crippen LogP contribution is 2.42. The molecule has 0 saturated heterocycles. The number of nitrogens with one attached hydrogen (secondary N) is 1. The van der Waals surface area contributed by atoms with Gasteiger partial charge in [-0.25, -0.2) is 0 Å². The van der Waals surface area contributed by atoms with E-state index < -0.39 is 5.97 Å². The minimum Gasteiger partial charge on any atom is -0.481 e. The SMILES string of the molecule is CCC1(CNC(=O)CCC(=O)O)CCC1. The molecule has 2 N–H and O–H groups in total. The summed E-state index contributed by atoms with van der Waals surface area (Å²) in [4.78, 5) is 21.5. The summed E-state index contributed by atoms with van der Waals surface area (Å²) >= 11 is 0. The van der Waals surface area contributed by atoms with E-state index in [2.05, 4.69) is 12.2 Å². The second-order valence-electron chi connectivity index (χ2n) is 4.38. The number of aliphatic carboxylic acids is 1. The maximum atomic E-state index is 11.3. The normalized spacial score (nSPS) is 17.9. The Kier molecular flexibility index (Phi) is 4.12. The highest BCUT2D eigenvalue weighted by molar-refractivity contribution is 5.80. The molecule has 1 saturated carbocycles. The molecule has 0 spiro atoms. The van der Waals surface area contributed by atoms with Crippen LogP contribution in [0.5, 0.6) is 0 Å². The molecule has 15 heavy (non-hydrogen) atoms. The standard InChI is InChI=1S/C11H19NO3/c1-2-11(6-3-7-11)8-12-9(13)4-5-10(14)15/h2-8H2,1H3,(H,12,13)(H,14,15). The number of carbonyl (C=O) groups excluding carboxylic acids is 1. The molecule has 0 atom stereocenters. The van der Waals surface area contributed by atoms with Crippen LogP contribution in [0.25, 0.3) is 0 Å². The third kappa shape index (κ3) is 3.53. The average Bonchev–Trinajstić information content (AvgIpc) is 2.14. The zero-order chi connectivity index (χ0) is 11.3. The van der Waals surface area contributed by atoms with Crippen molar-refractivity contribution in [3.63, 3.8) is 0 Å². The van der Waals surface area contributed by atoms with Gasteiger partial charge >= 0.3 is 5.97 Å². The van der Waals surface area contributed by atoms with Crippen LogP contribution in [-0.4, -0.2) is 23.5 Å². The van der Waals surface area contributed by atoms with Gasteiger partial charge in [0.25, 0.3) is 0 Å². The number of carbonyl (C=O) groups is 2. The van der Waals surface area contributed by atoms with Gasteiger partial charge in [0, 0.05) is 13.0 Å². The van der Waals surface area contributed by atoms with Gasteiger partial charge in [-0.1, -0.05) is 13.3 Å². The van der Waals surface area contributed by atoms with Gasteiger partial charge in [0.05, 0.1) is 6.42 Å². The van der Waals surface area contributed by atoms with E-state index in [1.54, 1.807) is 0 Å². The predicted octanol–water partition coefficient (Wildman–Crippen LogP) is 1.55. The summed E-state index contributed by atoms with van der Waals surface area (Å²) in [6.07, 6.45) is 4.72. The first-order chi connectivity index (χ1) is 7.08. The van der Waals surface area contributed by atoms with Crippen LogP contribution in [0.2, 0.25) is 0 Å². The molecule has 4 heteroatoms. The average molecular weight is 213 g/mol. The fourth-order valence-corrected chi connectivity index (χ4v) is 1.93. The Morgan fingerprint density at radius 1 is 1.33 bits per heavy atom. The van der Waals surface area contributed by atoms with E-state index in [0.29, 0.717) is 12.0 Å². The molecule has 0 radical (unpaired) electrons. The Balaban J connectivity index is 2.18. The summed E-state index contributed by atoms with van der Waals surface area (Å²) in [5.74, 6) is -1.06. The lowest BCUT2D eigenvalue weighted by atomic mass is 9.67. The minimum atomic E-state index is -0.918. The summed E-state index contributed by atoms with van der Waals surface area (Å²) in [5, 5.41) is 11.2. The highest BCUT2D eigenvalue weighted by atomic mass is 16.4. The molecule has 1 aliphatic carbocycles. The van der Waals surface area contributed by atoms with Crippen LogP contribution < -0.4 is 5.32 Å². The fraction of sp³-hybridized carbons (Fsp3) is 0.818. The van der Waals surface area contributed by atoms with Gasteiger partial charge in [-0.15, -0.1) is 0 Å². The van der Waals surface area contributed by atoms with Crippen molar-refractivity contribution in [2.45, 2.75) is 45.4 Å². The maximum Gasteiger partial charge on any atom is 0.303 e. The van der Waals surface area contributed by atoms with Gasteiger partial charge in [0.2, 0.25) is 5.91 Å². The molecule has 1 rings (SSSR count). The van der Waals surface area contributed by atoms with Crippen molar-refractivity contribution < 1.29 is 14.7 Å². The van der Waals surface area contributed by atoms with E-state index >= 15 is 0 Å². The van der Waals surface area contributed by atoms with Crippen LogP contribution in [0.3, 0.4) is 0 Å². The lowest BCUT2D eigenvalue weighted by molar-refractivity contribution is -0.138. The van der Waals surface area contributed by atoms with E-state index in [0.717, 1.165) is 6.42 Å². The molecule has 0 unspecified atom stereocenters. The van der Waals surface area contributed by atoms with Crippen LogP contribution in [0, 0.1) is 5.41 Å². The second kappa shape index (κ2) is 5.14. The molecule has 0 aromatic heterocycles. The van der Waals surface area contributed by atoms with Crippen LogP contribution in [0.4, 0.5) is 0 Å². The van der Waals surface area contributed by atoms with Gasteiger partial charge < -0.3 is 10.4 Å². The second-order valence-corrected chi connectivity index (χ2v) is 4.38. The fourth-order valence-electron chi connectivity index (χ4n) is 1.93. The quantitative estimate of drug-likeness (QED) is 0.703. The van der Waals surface area contributed by atoms with Gasteiger partial charge in [-0.3, -0.25) is 9.59 Å². The molecular weight excluding hydrogens is 194 g/mol. The van der Waals surface area contributed by atoms with Crippen molar-refractivity contribution >= 4 is 11.9 Å². The Bertz CT molecular complexity index is 241. The summed E-state index contributed by atoms with van der Waals surface area (Å²) in [7, 11) is 0. The van der Waals surface area contributed by atoms with Crippen molar-refractivity contribution in [1.82, 2.24) is 5.32 Å². The molecule has 0 bridgehead atoms. The number of hydrogen-bond acceptors (Lipinski definition) is 2. The van der Waals surface area contributed by atoms with Gasteiger partial charge in [0.1, 0.15) is 0 Å². The number of rotatable bonds is 6. The molecule has 86 valence electrons. The Labute approximate surface area is 90.0 Å². The summed E-state index contributed by atoms with van der Waals surface area (Å²) in [6.45, 7) is 2.85. The molecule has 1 amide bonds. The highest BCUT2D eigenvalue weighted by Gasteiger charge is 2.34. The maximum absolute atomic E-state index is 11.3. The van der Waals surface area contributed by atoms with E-state index in [4.69, 9.17) is 5.11 Å². The van der Waals surface area contributed by atoms with Gasteiger partial charge in [-0.2, -0.15) is 0 Å². The number of hydrogen-bond donors (Lipinski definition) is 2. The van der Waals surface area contributed by atoms with E-state index in [1.165, 1.54) is 19.3 Å². The number of carboxylic acids is 1. The largest absolute Gasteiger partial charge is 0.481 e. The Morgan fingerprint density at radius 2 is 2.00 bits per heavy atom. The predicted molar refractivity (Wildman–Crippen MR) is 56.5 cm³/mol. The van der Waals surface area contributed by atoms with Crippen LogP contribution in [0.15, 0.2) is 0 Å². The number of amides is 1. The molecule has 0 heterocycles. The third-order valence-corrected chi connectivity index (χ3v) is 3.39. The first kappa shape index (κ1) is 12.0. The van der Waals surface area contributed by atoms with Gasteiger partial charge in [0.15, 0.2) is 0 Å². The first-order valence-electron chi connectivity index (χ1n) is 5.56. The van der Waals surface area contributed by atoms with Crippen molar-refractivity contribution in [3.8, 4) is 0 Å². The van der Waals surface area contributed by atoms with Crippen LogP contribution in [0.1, 0.15) is 45.4 Å². The summed E-state index contributed by atoms with van der Waals surface area (Å²) in [6, 6.07) is 0. The zero-order valence-electron chi connectivity index (χ0n) is 9.21. The molecular formula is C11H19NO3. The van der Waals surface area contributed by atoms with Crippen molar-refractivity contribution in [3.05, 3.63) is 0 Å². The van der Waals surface area contributed by atoms with Crippen molar-refractivity contribution in [1.29, 1.82) is 0 Å².